The number of hydrogen-bond donors (Lipinski definition) is 2. The van der Waals surface area contributed by atoms with Gasteiger partial charge in [0.05, 0.1) is 24.5 Å². The summed E-state index contributed by atoms with van der Waals surface area (Å²) in [5, 5.41) is 16.9. The molecule has 0 atom stereocenters. The fourth-order valence-electron chi connectivity index (χ4n) is 3.80. The zero-order chi connectivity index (χ0) is 19.2. The van der Waals surface area contributed by atoms with Crippen molar-refractivity contribution in [3.63, 3.8) is 0 Å². The number of nitrogens with zero attached hydrogens (tertiary/aromatic N) is 3. The summed E-state index contributed by atoms with van der Waals surface area (Å²) in [6, 6.07) is 10.3. The van der Waals surface area contributed by atoms with E-state index in [4.69, 9.17) is 0 Å². The van der Waals surface area contributed by atoms with Crippen LogP contribution in [0.3, 0.4) is 0 Å². The van der Waals surface area contributed by atoms with Gasteiger partial charge >= 0.3 is 0 Å². The molecule has 1 fully saturated rings. The molecule has 6 nitrogen and oxygen atoms in total. The molecule has 1 heterocycles. The van der Waals surface area contributed by atoms with Crippen LogP contribution in [0, 0.1) is 13.8 Å². The molecule has 0 bridgehead atoms. The molecule has 0 radical (unpaired) electrons. The van der Waals surface area contributed by atoms with E-state index in [0.717, 1.165) is 24.2 Å². The standard InChI is InChI=1S/C21H30N4O2/c1-16-8-10-19(11-9-16)25-20(14-17(2)23-25)22-21(27)15-24(12-13-26)18-6-4-3-5-7-18/h8-11,14,18,26H,3-7,12-13,15H2,1-2H3,(H,22,27). The average molecular weight is 370 g/mol. The van der Waals surface area contributed by atoms with Crippen molar-refractivity contribution in [2.24, 2.45) is 0 Å². The van der Waals surface area contributed by atoms with Gasteiger partial charge in [-0.15, -0.1) is 0 Å². The van der Waals surface area contributed by atoms with E-state index in [1.165, 1.54) is 24.8 Å². The van der Waals surface area contributed by atoms with Gasteiger partial charge in [-0.3, -0.25) is 9.69 Å². The Labute approximate surface area is 161 Å². The number of amides is 1. The first kappa shape index (κ1) is 19.6. The molecular weight excluding hydrogens is 340 g/mol. The minimum atomic E-state index is -0.0673. The Morgan fingerprint density at radius 2 is 1.93 bits per heavy atom. The van der Waals surface area contributed by atoms with E-state index in [2.05, 4.69) is 15.3 Å². The molecule has 0 unspecified atom stereocenters. The second-order valence-corrected chi connectivity index (χ2v) is 7.45. The summed E-state index contributed by atoms with van der Waals surface area (Å²) >= 11 is 0. The smallest absolute Gasteiger partial charge is 0.239 e. The zero-order valence-corrected chi connectivity index (χ0v) is 16.3. The Balaban J connectivity index is 1.70. The van der Waals surface area contributed by atoms with Crippen LogP contribution in [0.5, 0.6) is 0 Å². The molecule has 3 rings (SSSR count). The molecule has 27 heavy (non-hydrogen) atoms. The van der Waals surface area contributed by atoms with E-state index in [-0.39, 0.29) is 12.5 Å². The SMILES string of the molecule is Cc1ccc(-n2nc(C)cc2NC(=O)CN(CCO)C2CCCCC2)cc1. The molecule has 2 aromatic rings. The summed E-state index contributed by atoms with van der Waals surface area (Å²) in [5.41, 5.74) is 2.95. The van der Waals surface area contributed by atoms with E-state index in [1.54, 1.807) is 4.68 Å². The molecule has 0 aliphatic heterocycles. The van der Waals surface area contributed by atoms with Crippen LogP contribution in [0.25, 0.3) is 5.69 Å². The molecule has 1 aromatic carbocycles. The zero-order valence-electron chi connectivity index (χ0n) is 16.3. The maximum absolute atomic E-state index is 12.7. The number of nitrogens with one attached hydrogen (secondary N) is 1. The second kappa shape index (κ2) is 9.15. The Kier molecular flexibility index (Phi) is 6.63. The molecule has 1 aromatic heterocycles. The second-order valence-electron chi connectivity index (χ2n) is 7.45. The van der Waals surface area contributed by atoms with Crippen LogP contribution in [-0.2, 0) is 4.79 Å². The highest BCUT2D eigenvalue weighted by molar-refractivity contribution is 5.91. The molecule has 2 N–H and O–H groups in total. The molecule has 6 heteroatoms. The number of carbonyl (C=O) groups is 1. The third-order valence-electron chi connectivity index (χ3n) is 5.20. The lowest BCUT2D eigenvalue weighted by Crippen LogP contribution is -2.43. The number of aliphatic hydroxyl groups excluding tert-OH is 1. The topological polar surface area (TPSA) is 70.4 Å². The number of aromatic nitrogens is 2. The van der Waals surface area contributed by atoms with E-state index < -0.39 is 0 Å². The predicted molar refractivity (Wildman–Crippen MR) is 107 cm³/mol. The molecule has 0 spiro atoms. The molecule has 1 aliphatic rings. The first-order chi connectivity index (χ1) is 13.1. The number of aliphatic hydroxyl groups is 1. The summed E-state index contributed by atoms with van der Waals surface area (Å²) in [4.78, 5) is 14.8. The molecule has 0 saturated heterocycles. The summed E-state index contributed by atoms with van der Waals surface area (Å²) in [6.07, 6.45) is 5.88. The van der Waals surface area contributed by atoms with E-state index >= 15 is 0 Å². The number of rotatable bonds is 7. The quantitative estimate of drug-likeness (QED) is 0.786. The van der Waals surface area contributed by atoms with Crippen LogP contribution in [-0.4, -0.2) is 51.4 Å². The van der Waals surface area contributed by atoms with Gasteiger partial charge in [0.25, 0.3) is 0 Å². The molecule has 1 saturated carbocycles. The average Bonchev–Trinajstić information content (AvgIpc) is 3.02. The monoisotopic (exact) mass is 370 g/mol. The van der Waals surface area contributed by atoms with Gasteiger partial charge < -0.3 is 10.4 Å². The minimum Gasteiger partial charge on any atom is -0.395 e. The van der Waals surface area contributed by atoms with Crippen LogP contribution in [0.2, 0.25) is 0 Å². The lowest BCUT2D eigenvalue weighted by Gasteiger charge is -2.33. The molecular formula is C21H30N4O2. The van der Waals surface area contributed by atoms with Crippen molar-refractivity contribution >= 4 is 11.7 Å². The van der Waals surface area contributed by atoms with Crippen molar-refractivity contribution in [3.05, 3.63) is 41.6 Å². The van der Waals surface area contributed by atoms with Gasteiger partial charge in [0.15, 0.2) is 0 Å². The maximum Gasteiger partial charge on any atom is 0.239 e. The van der Waals surface area contributed by atoms with Crippen LogP contribution >= 0.6 is 0 Å². The highest BCUT2D eigenvalue weighted by Crippen LogP contribution is 2.23. The number of anilines is 1. The fourth-order valence-corrected chi connectivity index (χ4v) is 3.80. The van der Waals surface area contributed by atoms with Crippen molar-refractivity contribution < 1.29 is 9.90 Å². The number of carbonyl (C=O) groups excluding carboxylic acids is 1. The van der Waals surface area contributed by atoms with Crippen LogP contribution in [0.15, 0.2) is 30.3 Å². The number of hydrogen-bond acceptors (Lipinski definition) is 4. The third kappa shape index (κ3) is 5.17. The van der Waals surface area contributed by atoms with Crippen molar-refractivity contribution in [3.8, 4) is 5.69 Å². The summed E-state index contributed by atoms with van der Waals surface area (Å²) in [6.45, 7) is 4.87. The first-order valence-electron chi connectivity index (χ1n) is 9.85. The molecule has 1 aliphatic carbocycles. The summed E-state index contributed by atoms with van der Waals surface area (Å²) in [5.74, 6) is 0.608. The van der Waals surface area contributed by atoms with E-state index in [0.29, 0.717) is 24.9 Å². The van der Waals surface area contributed by atoms with Crippen molar-refractivity contribution in [1.82, 2.24) is 14.7 Å². The molecule has 1 amide bonds. The number of benzene rings is 1. The minimum absolute atomic E-state index is 0.0673. The third-order valence-corrected chi connectivity index (χ3v) is 5.20. The van der Waals surface area contributed by atoms with Crippen molar-refractivity contribution in [1.29, 1.82) is 0 Å². The summed E-state index contributed by atoms with van der Waals surface area (Å²) in [7, 11) is 0. The van der Waals surface area contributed by atoms with Crippen molar-refractivity contribution in [2.45, 2.75) is 52.0 Å². The Morgan fingerprint density at radius 3 is 2.59 bits per heavy atom. The lowest BCUT2D eigenvalue weighted by molar-refractivity contribution is -0.118. The van der Waals surface area contributed by atoms with Crippen LogP contribution in [0.4, 0.5) is 5.82 Å². The van der Waals surface area contributed by atoms with Crippen LogP contribution < -0.4 is 5.32 Å². The van der Waals surface area contributed by atoms with Gasteiger partial charge in [0.2, 0.25) is 5.91 Å². The van der Waals surface area contributed by atoms with Gasteiger partial charge in [-0.2, -0.15) is 5.10 Å². The Morgan fingerprint density at radius 1 is 1.22 bits per heavy atom. The predicted octanol–water partition coefficient (Wildman–Crippen LogP) is 3.05. The number of aryl methyl sites for hydroxylation is 2. The summed E-state index contributed by atoms with van der Waals surface area (Å²) < 4.78 is 1.77. The van der Waals surface area contributed by atoms with Crippen LogP contribution in [0.1, 0.15) is 43.4 Å². The van der Waals surface area contributed by atoms with Gasteiger partial charge in [-0.1, -0.05) is 37.0 Å². The van der Waals surface area contributed by atoms with Gasteiger partial charge in [-0.25, -0.2) is 4.68 Å². The normalized spacial score (nSPS) is 15.3. The van der Waals surface area contributed by atoms with Gasteiger partial charge in [0.1, 0.15) is 5.82 Å². The lowest BCUT2D eigenvalue weighted by atomic mass is 9.94. The first-order valence-corrected chi connectivity index (χ1v) is 9.85. The largest absolute Gasteiger partial charge is 0.395 e. The maximum atomic E-state index is 12.7. The van der Waals surface area contributed by atoms with E-state index in [1.807, 2.05) is 44.2 Å². The van der Waals surface area contributed by atoms with Crippen molar-refractivity contribution in [2.75, 3.05) is 25.0 Å². The highest BCUT2D eigenvalue weighted by Gasteiger charge is 2.23. The molecule has 146 valence electrons. The highest BCUT2D eigenvalue weighted by atomic mass is 16.3. The fraction of sp³-hybridized carbons (Fsp3) is 0.524. The Hall–Kier alpha value is -2.18. The van der Waals surface area contributed by atoms with E-state index in [9.17, 15) is 9.90 Å². The Bertz CT molecular complexity index is 748. The van der Waals surface area contributed by atoms with Gasteiger partial charge in [-0.05, 0) is 38.8 Å². The van der Waals surface area contributed by atoms with Gasteiger partial charge in [0, 0.05) is 18.7 Å².